The van der Waals surface area contributed by atoms with E-state index in [-0.39, 0.29) is 21.6 Å². The third-order valence-electron chi connectivity index (χ3n) is 2.51. The van der Waals surface area contributed by atoms with Crippen LogP contribution >= 0.6 is 23.4 Å². The van der Waals surface area contributed by atoms with Gasteiger partial charge in [-0.25, -0.2) is 18.2 Å². The molecule has 0 fully saturated rings. The largest absolute Gasteiger partial charge is 0.478 e. The van der Waals surface area contributed by atoms with Crippen LogP contribution in [0.3, 0.4) is 0 Å². The number of nitrogens with one attached hydrogen (secondary N) is 1. The summed E-state index contributed by atoms with van der Waals surface area (Å²) in [4.78, 5) is 18.4. The highest BCUT2D eigenvalue weighted by Crippen LogP contribution is 2.21. The van der Waals surface area contributed by atoms with E-state index in [9.17, 15) is 13.2 Å². The summed E-state index contributed by atoms with van der Waals surface area (Å²) in [5, 5.41) is 9.32. The molecule has 116 valence electrons. The Hall–Kier alpha value is -1.84. The van der Waals surface area contributed by atoms with Crippen molar-refractivity contribution in [3.05, 3.63) is 41.2 Å². The highest BCUT2D eigenvalue weighted by molar-refractivity contribution is 7.98. The van der Waals surface area contributed by atoms with E-state index >= 15 is 0 Å². The van der Waals surface area contributed by atoms with Gasteiger partial charge in [-0.1, -0.05) is 6.07 Å². The van der Waals surface area contributed by atoms with E-state index in [4.69, 9.17) is 16.7 Å². The second kappa shape index (κ2) is 6.51. The number of thioether (sulfide) groups is 1. The lowest BCUT2D eigenvalue weighted by Crippen LogP contribution is -2.15. The first-order valence-electron chi connectivity index (χ1n) is 5.76. The zero-order valence-electron chi connectivity index (χ0n) is 11.1. The third kappa shape index (κ3) is 3.87. The van der Waals surface area contributed by atoms with Crippen LogP contribution in [-0.2, 0) is 10.0 Å². The van der Waals surface area contributed by atoms with Crippen molar-refractivity contribution in [1.82, 2.24) is 9.97 Å². The molecule has 0 bridgehead atoms. The van der Waals surface area contributed by atoms with E-state index in [1.165, 1.54) is 36.0 Å². The van der Waals surface area contributed by atoms with Gasteiger partial charge in [-0.2, -0.15) is 4.98 Å². The van der Waals surface area contributed by atoms with Crippen LogP contribution in [0.1, 0.15) is 10.4 Å². The van der Waals surface area contributed by atoms with Gasteiger partial charge in [0, 0.05) is 6.07 Å². The number of aromatic carboxylic acids is 1. The number of hydrogen-bond acceptors (Lipinski definition) is 6. The Morgan fingerprint density at radius 2 is 2.05 bits per heavy atom. The summed E-state index contributed by atoms with van der Waals surface area (Å²) in [5.41, 5.74) is -0.131. The number of halogens is 1. The van der Waals surface area contributed by atoms with Crippen molar-refractivity contribution >= 4 is 45.2 Å². The second-order valence-corrected chi connectivity index (χ2v) is 6.85. The van der Waals surface area contributed by atoms with E-state index in [2.05, 4.69) is 14.7 Å². The quantitative estimate of drug-likeness (QED) is 0.479. The Labute approximate surface area is 135 Å². The first-order valence-corrected chi connectivity index (χ1v) is 8.85. The van der Waals surface area contributed by atoms with Crippen LogP contribution in [0, 0.1) is 0 Å². The van der Waals surface area contributed by atoms with Gasteiger partial charge in [0.2, 0.25) is 5.28 Å². The van der Waals surface area contributed by atoms with Crippen LogP contribution in [0.15, 0.2) is 40.3 Å². The summed E-state index contributed by atoms with van der Waals surface area (Å²) in [6, 6.07) is 6.41. The SMILES string of the molecule is CSc1cc(NS(=O)(=O)c2cccc(C(=O)O)c2)nc(Cl)n1. The Morgan fingerprint density at radius 1 is 1.32 bits per heavy atom. The molecule has 0 saturated heterocycles. The molecule has 0 unspecified atom stereocenters. The van der Waals surface area contributed by atoms with E-state index in [0.717, 1.165) is 6.07 Å². The van der Waals surface area contributed by atoms with Gasteiger partial charge in [-0.15, -0.1) is 11.8 Å². The van der Waals surface area contributed by atoms with E-state index in [0.29, 0.717) is 5.03 Å². The number of benzene rings is 1. The Morgan fingerprint density at radius 3 is 2.68 bits per heavy atom. The van der Waals surface area contributed by atoms with Gasteiger partial charge in [0.15, 0.2) is 0 Å². The van der Waals surface area contributed by atoms with Gasteiger partial charge in [-0.05, 0) is 36.1 Å². The normalized spacial score (nSPS) is 11.2. The number of rotatable bonds is 5. The maximum Gasteiger partial charge on any atom is 0.335 e. The number of nitrogens with zero attached hydrogens (tertiary/aromatic N) is 2. The van der Waals surface area contributed by atoms with Crippen molar-refractivity contribution in [2.75, 3.05) is 11.0 Å². The summed E-state index contributed by atoms with van der Waals surface area (Å²) >= 11 is 7.00. The van der Waals surface area contributed by atoms with Gasteiger partial charge in [0.05, 0.1) is 10.5 Å². The zero-order chi connectivity index (χ0) is 16.3. The number of aromatic nitrogens is 2. The molecular formula is C12H10ClN3O4S2. The van der Waals surface area contributed by atoms with E-state index in [1.54, 1.807) is 6.26 Å². The summed E-state index contributed by atoms with van der Waals surface area (Å²) < 4.78 is 26.8. The minimum atomic E-state index is -3.98. The molecule has 0 amide bonds. The third-order valence-corrected chi connectivity index (χ3v) is 4.66. The molecule has 10 heteroatoms. The molecular weight excluding hydrogens is 350 g/mol. The summed E-state index contributed by atoms with van der Waals surface area (Å²) in [6.07, 6.45) is 1.76. The standard InChI is InChI=1S/C12H10ClN3O4S2/c1-21-10-6-9(14-12(13)15-10)16-22(19,20)8-4-2-3-7(5-8)11(17)18/h2-6H,1H3,(H,17,18)(H,14,15,16). The fourth-order valence-electron chi connectivity index (χ4n) is 1.55. The second-order valence-electron chi connectivity index (χ2n) is 4.00. The molecule has 7 nitrogen and oxygen atoms in total. The molecule has 2 N–H and O–H groups in total. The minimum Gasteiger partial charge on any atom is -0.478 e. The van der Waals surface area contributed by atoms with Crippen LogP contribution in [0.5, 0.6) is 0 Å². The fraction of sp³-hybridized carbons (Fsp3) is 0.0833. The first kappa shape index (κ1) is 16.5. The average molecular weight is 360 g/mol. The number of carboxylic acid groups (broad SMARTS) is 1. The highest BCUT2D eigenvalue weighted by Gasteiger charge is 2.17. The first-order chi connectivity index (χ1) is 10.3. The molecule has 22 heavy (non-hydrogen) atoms. The van der Waals surface area contributed by atoms with Gasteiger partial charge >= 0.3 is 5.97 Å². The lowest BCUT2D eigenvalue weighted by molar-refractivity contribution is 0.0696. The number of anilines is 1. The zero-order valence-corrected chi connectivity index (χ0v) is 13.5. The summed E-state index contributed by atoms with van der Waals surface area (Å²) in [7, 11) is -3.98. The maximum absolute atomic E-state index is 12.3. The topological polar surface area (TPSA) is 109 Å². The molecule has 2 aromatic rings. The molecule has 0 saturated carbocycles. The number of hydrogen-bond donors (Lipinski definition) is 2. The molecule has 1 aromatic carbocycles. The van der Waals surface area contributed by atoms with Gasteiger partial charge in [0.25, 0.3) is 10.0 Å². The highest BCUT2D eigenvalue weighted by atomic mass is 35.5. The maximum atomic E-state index is 12.3. The van der Waals surface area contributed by atoms with Crippen LogP contribution in [-0.4, -0.2) is 35.7 Å². The molecule has 0 aliphatic rings. The number of carboxylic acids is 1. The van der Waals surface area contributed by atoms with Gasteiger partial charge in [-0.3, -0.25) is 4.72 Å². The Kier molecular flexibility index (Phi) is 4.89. The van der Waals surface area contributed by atoms with E-state index < -0.39 is 16.0 Å². The van der Waals surface area contributed by atoms with Crippen molar-refractivity contribution in [2.24, 2.45) is 0 Å². The molecule has 2 rings (SSSR count). The molecule has 1 aromatic heterocycles. The summed E-state index contributed by atoms with van der Waals surface area (Å²) in [6.45, 7) is 0. The van der Waals surface area contributed by atoms with Crippen molar-refractivity contribution in [3.63, 3.8) is 0 Å². The fourth-order valence-corrected chi connectivity index (χ4v) is 3.22. The van der Waals surface area contributed by atoms with Crippen LogP contribution in [0.4, 0.5) is 5.82 Å². The van der Waals surface area contributed by atoms with Crippen molar-refractivity contribution in [1.29, 1.82) is 0 Å². The predicted octanol–water partition coefficient (Wildman–Crippen LogP) is 2.35. The van der Waals surface area contributed by atoms with Gasteiger partial charge < -0.3 is 5.11 Å². The number of sulfonamides is 1. The predicted molar refractivity (Wildman–Crippen MR) is 83.0 cm³/mol. The minimum absolute atomic E-state index is 0.00470. The summed E-state index contributed by atoms with van der Waals surface area (Å²) in [5.74, 6) is -1.21. The monoisotopic (exact) mass is 359 g/mol. The molecule has 0 spiro atoms. The smallest absolute Gasteiger partial charge is 0.335 e. The Bertz CT molecular complexity index is 827. The van der Waals surface area contributed by atoms with Crippen LogP contribution < -0.4 is 4.72 Å². The number of carbonyl (C=O) groups is 1. The Balaban J connectivity index is 2.37. The van der Waals surface area contributed by atoms with Crippen molar-refractivity contribution in [3.8, 4) is 0 Å². The molecule has 1 heterocycles. The van der Waals surface area contributed by atoms with Gasteiger partial charge in [0.1, 0.15) is 10.8 Å². The van der Waals surface area contributed by atoms with Crippen LogP contribution in [0.25, 0.3) is 0 Å². The molecule has 0 aliphatic heterocycles. The van der Waals surface area contributed by atoms with E-state index in [1.807, 2.05) is 0 Å². The molecule has 0 radical (unpaired) electrons. The van der Waals surface area contributed by atoms with Crippen LogP contribution in [0.2, 0.25) is 5.28 Å². The van der Waals surface area contributed by atoms with Crippen molar-refractivity contribution in [2.45, 2.75) is 9.92 Å². The lowest BCUT2D eigenvalue weighted by atomic mass is 10.2. The van der Waals surface area contributed by atoms with Crippen molar-refractivity contribution < 1.29 is 18.3 Å². The average Bonchev–Trinajstić information content (AvgIpc) is 2.46. The molecule has 0 aliphatic carbocycles. The molecule has 0 atom stereocenters. The lowest BCUT2D eigenvalue weighted by Gasteiger charge is -2.09.